The molecular weight excluding hydrogens is 548 g/mol. The Morgan fingerprint density at radius 1 is 0.951 bits per heavy atom. The first-order valence-corrected chi connectivity index (χ1v) is 15.3. The molecule has 3 N–H and O–H groups in total. The summed E-state index contributed by atoms with van der Waals surface area (Å²) in [7, 11) is -2.18. The first kappa shape index (κ1) is 32.3. The van der Waals surface area contributed by atoms with Crippen LogP contribution in [0.2, 0.25) is 0 Å². The Kier molecular flexibility index (Phi) is 12.0. The molecule has 0 aromatic heterocycles. The van der Waals surface area contributed by atoms with Crippen molar-refractivity contribution in [3.63, 3.8) is 0 Å². The van der Waals surface area contributed by atoms with E-state index in [-0.39, 0.29) is 29.0 Å². The predicted molar refractivity (Wildman–Crippen MR) is 156 cm³/mol. The van der Waals surface area contributed by atoms with Crippen molar-refractivity contribution < 1.29 is 27.1 Å². The number of rotatable bonds is 15. The van der Waals surface area contributed by atoms with Gasteiger partial charge in [0.1, 0.15) is 11.6 Å². The summed E-state index contributed by atoms with van der Waals surface area (Å²) in [5.74, 6) is -2.06. The van der Waals surface area contributed by atoms with Crippen LogP contribution in [0.1, 0.15) is 53.7 Å². The molecule has 0 radical (unpaired) electrons. The Hall–Kier alpha value is -3.18. The summed E-state index contributed by atoms with van der Waals surface area (Å²) < 4.78 is 54.6. The second kappa shape index (κ2) is 15.2. The third kappa shape index (κ3) is 9.43. The minimum atomic E-state index is -3.69. The first-order chi connectivity index (χ1) is 19.5. The average molecular weight is 588 g/mol. The van der Waals surface area contributed by atoms with Gasteiger partial charge >= 0.3 is 0 Å². The number of carbonyl (C=O) groups excluding carboxylic acids is 1. The molecule has 0 bridgehead atoms. The van der Waals surface area contributed by atoms with E-state index < -0.39 is 39.7 Å². The molecule has 2 atom stereocenters. The minimum Gasteiger partial charge on any atom is -0.390 e. The zero-order valence-electron chi connectivity index (χ0n) is 23.7. The van der Waals surface area contributed by atoms with Crippen LogP contribution in [-0.2, 0) is 29.4 Å². The maximum Gasteiger partial charge on any atom is 0.251 e. The summed E-state index contributed by atoms with van der Waals surface area (Å²) in [6.07, 6.45) is 1.37. The Morgan fingerprint density at radius 3 is 2.24 bits per heavy atom. The number of hydrogen-bond donors (Lipinski definition) is 3. The second-order valence-corrected chi connectivity index (χ2v) is 12.2. The molecule has 7 nitrogen and oxygen atoms in total. The van der Waals surface area contributed by atoms with E-state index in [0.29, 0.717) is 13.1 Å². The summed E-state index contributed by atoms with van der Waals surface area (Å²) >= 11 is 0. The lowest BCUT2D eigenvalue weighted by molar-refractivity contribution is 0.0829. The van der Waals surface area contributed by atoms with E-state index in [1.165, 1.54) is 41.2 Å². The normalized spacial score (nSPS) is 13.2. The molecule has 0 aliphatic carbocycles. The van der Waals surface area contributed by atoms with E-state index in [1.54, 1.807) is 0 Å². The molecule has 3 rings (SSSR count). The van der Waals surface area contributed by atoms with Gasteiger partial charge < -0.3 is 15.7 Å². The number of aliphatic hydroxyl groups is 1. The summed E-state index contributed by atoms with van der Waals surface area (Å²) in [5, 5.41) is 17.0. The number of halogens is 2. The van der Waals surface area contributed by atoms with E-state index in [9.17, 15) is 27.1 Å². The number of benzene rings is 3. The van der Waals surface area contributed by atoms with Crippen LogP contribution in [0.25, 0.3) is 0 Å². The fourth-order valence-electron chi connectivity index (χ4n) is 4.44. The van der Waals surface area contributed by atoms with Gasteiger partial charge in [-0.25, -0.2) is 21.5 Å². The number of amides is 1. The number of sulfonamides is 1. The SMILES string of the molecule is CCCCN(C)S(=O)(=O)c1ccc(C(=O)N[C@@H](Cc2cc(F)cc(F)c2)[C@H](O)CNCc2cccc(CC)c2)cc1. The van der Waals surface area contributed by atoms with Gasteiger partial charge in [-0.1, -0.05) is 44.5 Å². The number of carbonyl (C=O) groups is 1. The van der Waals surface area contributed by atoms with Crippen molar-refractivity contribution in [2.75, 3.05) is 20.1 Å². The zero-order valence-corrected chi connectivity index (χ0v) is 24.6. The Balaban J connectivity index is 1.73. The molecule has 1 amide bonds. The summed E-state index contributed by atoms with van der Waals surface area (Å²) in [5.41, 5.74) is 2.69. The molecule has 41 heavy (non-hydrogen) atoms. The summed E-state index contributed by atoms with van der Waals surface area (Å²) in [6, 6.07) is 15.8. The highest BCUT2D eigenvalue weighted by Gasteiger charge is 2.24. The lowest BCUT2D eigenvalue weighted by atomic mass is 10.00. The molecule has 0 saturated carbocycles. The Labute approximate surface area is 241 Å². The number of aliphatic hydroxyl groups excluding tert-OH is 1. The fourth-order valence-corrected chi connectivity index (χ4v) is 5.65. The molecule has 0 aliphatic heterocycles. The van der Waals surface area contributed by atoms with Gasteiger partial charge in [0.05, 0.1) is 17.0 Å². The number of unbranched alkanes of at least 4 members (excludes halogenated alkanes) is 1. The largest absolute Gasteiger partial charge is 0.390 e. The lowest BCUT2D eigenvalue weighted by Crippen LogP contribution is -2.48. The van der Waals surface area contributed by atoms with Gasteiger partial charge in [0.2, 0.25) is 10.0 Å². The van der Waals surface area contributed by atoms with Crippen molar-refractivity contribution in [3.8, 4) is 0 Å². The molecule has 0 fully saturated rings. The third-order valence-corrected chi connectivity index (χ3v) is 8.76. The molecule has 3 aromatic carbocycles. The van der Waals surface area contributed by atoms with E-state index in [4.69, 9.17) is 0 Å². The zero-order chi connectivity index (χ0) is 30.0. The molecule has 0 heterocycles. The van der Waals surface area contributed by atoms with Crippen LogP contribution in [0.5, 0.6) is 0 Å². The number of nitrogens with one attached hydrogen (secondary N) is 2. The molecular formula is C31H39F2N3O4S. The molecule has 0 aliphatic rings. The van der Waals surface area contributed by atoms with Crippen LogP contribution in [-0.4, -0.2) is 56.0 Å². The standard InChI is InChI=1S/C31H39F2N3O4S/c1-4-6-14-36(3)41(39,40)28-12-10-25(11-13-28)31(38)35-29(18-24-16-26(32)19-27(33)17-24)30(37)21-34-20-23-9-7-8-22(5-2)15-23/h7-13,15-17,19,29-30,34,37H,4-6,14,18,20-21H2,1-3H3,(H,35,38)/t29-,30+/m0/s1. The van der Waals surface area contributed by atoms with Crippen LogP contribution < -0.4 is 10.6 Å². The molecule has 3 aromatic rings. The number of hydrogen-bond acceptors (Lipinski definition) is 5. The van der Waals surface area contributed by atoms with E-state index in [1.807, 2.05) is 25.1 Å². The number of nitrogens with zero attached hydrogens (tertiary/aromatic N) is 1. The number of aryl methyl sites for hydroxylation is 1. The van der Waals surface area contributed by atoms with Crippen molar-refractivity contribution in [1.82, 2.24) is 14.9 Å². The van der Waals surface area contributed by atoms with Crippen molar-refractivity contribution in [3.05, 3.63) is 101 Å². The summed E-state index contributed by atoms with van der Waals surface area (Å²) in [6.45, 7) is 5.03. The first-order valence-electron chi connectivity index (χ1n) is 13.8. The van der Waals surface area contributed by atoms with Gasteiger partial charge in [0.25, 0.3) is 5.91 Å². The van der Waals surface area contributed by atoms with Gasteiger partial charge in [-0.15, -0.1) is 0 Å². The van der Waals surface area contributed by atoms with E-state index in [2.05, 4.69) is 23.6 Å². The quantitative estimate of drug-likeness (QED) is 0.244. The molecule has 10 heteroatoms. The summed E-state index contributed by atoms with van der Waals surface area (Å²) in [4.78, 5) is 13.2. The molecule has 0 saturated heterocycles. The van der Waals surface area contributed by atoms with Gasteiger partial charge in [0.15, 0.2) is 0 Å². The highest BCUT2D eigenvalue weighted by Crippen LogP contribution is 2.17. The molecule has 0 spiro atoms. The van der Waals surface area contributed by atoms with Crippen molar-refractivity contribution >= 4 is 15.9 Å². The van der Waals surface area contributed by atoms with Crippen molar-refractivity contribution in [2.24, 2.45) is 0 Å². The third-order valence-electron chi connectivity index (χ3n) is 6.89. The van der Waals surface area contributed by atoms with Gasteiger partial charge in [-0.3, -0.25) is 4.79 Å². The van der Waals surface area contributed by atoms with Crippen molar-refractivity contribution in [2.45, 2.75) is 63.1 Å². The maximum atomic E-state index is 13.9. The molecule has 0 unspecified atom stereocenters. The van der Waals surface area contributed by atoms with E-state index >= 15 is 0 Å². The second-order valence-electron chi connectivity index (χ2n) is 10.1. The Morgan fingerprint density at radius 2 is 1.61 bits per heavy atom. The predicted octanol–water partition coefficient (Wildman–Crippen LogP) is 4.44. The van der Waals surface area contributed by atoms with Gasteiger partial charge in [-0.05, 0) is 72.4 Å². The van der Waals surface area contributed by atoms with Crippen LogP contribution >= 0.6 is 0 Å². The van der Waals surface area contributed by atoms with Crippen LogP contribution in [0.3, 0.4) is 0 Å². The molecule has 222 valence electrons. The highest BCUT2D eigenvalue weighted by molar-refractivity contribution is 7.89. The van der Waals surface area contributed by atoms with Crippen molar-refractivity contribution in [1.29, 1.82) is 0 Å². The van der Waals surface area contributed by atoms with Crippen LogP contribution in [0, 0.1) is 11.6 Å². The monoisotopic (exact) mass is 587 g/mol. The smallest absolute Gasteiger partial charge is 0.251 e. The fraction of sp³-hybridized carbons (Fsp3) is 0.387. The topological polar surface area (TPSA) is 98.7 Å². The highest BCUT2D eigenvalue weighted by atomic mass is 32.2. The Bertz CT molecular complexity index is 1380. The maximum absolute atomic E-state index is 13.9. The van der Waals surface area contributed by atoms with E-state index in [0.717, 1.165) is 43.0 Å². The van der Waals surface area contributed by atoms with Crippen LogP contribution in [0.4, 0.5) is 8.78 Å². The van der Waals surface area contributed by atoms with Crippen LogP contribution in [0.15, 0.2) is 71.6 Å². The van der Waals surface area contributed by atoms with Gasteiger partial charge in [-0.2, -0.15) is 0 Å². The minimum absolute atomic E-state index is 0.0245. The van der Waals surface area contributed by atoms with Gasteiger partial charge in [0, 0.05) is 38.3 Å². The lowest BCUT2D eigenvalue weighted by Gasteiger charge is -2.25. The average Bonchev–Trinajstić information content (AvgIpc) is 2.95.